The van der Waals surface area contributed by atoms with Crippen LogP contribution >= 0.6 is 0 Å². The third-order valence-electron chi connectivity index (χ3n) is 9.48. The van der Waals surface area contributed by atoms with Gasteiger partial charge in [0.2, 0.25) is 0 Å². The molecule has 0 atom stereocenters. The molecule has 0 fully saturated rings. The van der Waals surface area contributed by atoms with E-state index in [0.717, 1.165) is 49.9 Å². The van der Waals surface area contributed by atoms with Crippen LogP contribution in [0.2, 0.25) is 0 Å². The summed E-state index contributed by atoms with van der Waals surface area (Å²) in [5.41, 5.74) is 13.1. The van der Waals surface area contributed by atoms with Crippen molar-refractivity contribution in [3.63, 3.8) is 0 Å². The second-order valence-corrected chi connectivity index (χ2v) is 14.1. The average Bonchev–Trinajstić information content (AvgIpc) is 3.73. The van der Waals surface area contributed by atoms with E-state index in [1.165, 1.54) is 53.4 Å². The van der Waals surface area contributed by atoms with Crippen molar-refractivity contribution < 1.29 is 34.4 Å². The van der Waals surface area contributed by atoms with Gasteiger partial charge in [-0.25, -0.2) is 0 Å². The van der Waals surface area contributed by atoms with Gasteiger partial charge in [-0.3, -0.25) is 9.78 Å². The second kappa shape index (κ2) is 16.2. The molecular formula is C48H43IrN2O3-. The normalized spacial score (nSPS) is 11.6. The Hall–Kier alpha value is -5.55. The van der Waals surface area contributed by atoms with E-state index >= 15 is 0 Å². The summed E-state index contributed by atoms with van der Waals surface area (Å²) in [6.45, 7) is 12.0. The quantitative estimate of drug-likeness (QED) is 0.0983. The zero-order valence-electron chi connectivity index (χ0n) is 31.3. The van der Waals surface area contributed by atoms with Crippen LogP contribution in [-0.4, -0.2) is 20.4 Å². The minimum Gasteiger partial charge on any atom is -0.512 e. The Morgan fingerprint density at radius 3 is 1.89 bits per heavy atom. The van der Waals surface area contributed by atoms with Gasteiger partial charge in [0.15, 0.2) is 5.78 Å². The van der Waals surface area contributed by atoms with Crippen molar-refractivity contribution in [2.24, 2.45) is 0 Å². The molecular weight excluding hydrogens is 845 g/mol. The Morgan fingerprint density at radius 1 is 0.722 bits per heavy atom. The number of aromatic nitrogens is 2. The molecule has 2 aromatic heterocycles. The number of para-hydroxylation sites is 2. The predicted molar refractivity (Wildman–Crippen MR) is 219 cm³/mol. The summed E-state index contributed by atoms with van der Waals surface area (Å²) < 4.78 is 9.10. The number of furan rings is 1. The van der Waals surface area contributed by atoms with Crippen LogP contribution in [0.3, 0.4) is 0 Å². The molecule has 1 radical (unpaired) electrons. The number of carbonyl (C=O) groups is 1. The largest absolute Gasteiger partial charge is 0.512 e. The van der Waals surface area contributed by atoms with Crippen molar-refractivity contribution in [2.75, 3.05) is 0 Å². The number of aliphatic hydroxyl groups excluding tert-OH is 1. The fraction of sp³-hybridized carbons (Fsp3) is 0.167. The summed E-state index contributed by atoms with van der Waals surface area (Å²) in [6, 6.07) is 48.5. The average molecular weight is 888 g/mol. The minimum absolute atomic E-state index is 0. The molecule has 8 aromatic rings. The number of allylic oxidation sites excluding steroid dienone is 2. The van der Waals surface area contributed by atoms with E-state index in [4.69, 9.17) is 14.5 Å². The van der Waals surface area contributed by atoms with Gasteiger partial charge in [-0.2, -0.15) is 0 Å². The number of hydrogen-bond acceptors (Lipinski definition) is 4. The van der Waals surface area contributed by atoms with Gasteiger partial charge in [0, 0.05) is 37.3 Å². The van der Waals surface area contributed by atoms with Gasteiger partial charge in [0.05, 0.1) is 28.2 Å². The number of rotatable bonds is 7. The van der Waals surface area contributed by atoms with Gasteiger partial charge in [-0.15, -0.1) is 18.2 Å². The summed E-state index contributed by atoms with van der Waals surface area (Å²) in [4.78, 5) is 15.3. The summed E-state index contributed by atoms with van der Waals surface area (Å²) in [5.74, 6) is 1.35. The Bertz CT molecular complexity index is 2580. The molecule has 6 aromatic carbocycles. The first-order valence-corrected chi connectivity index (χ1v) is 18.1. The van der Waals surface area contributed by atoms with Crippen LogP contribution < -0.4 is 0 Å². The molecule has 6 heteroatoms. The van der Waals surface area contributed by atoms with Crippen LogP contribution in [0.5, 0.6) is 0 Å². The Morgan fingerprint density at radius 2 is 1.31 bits per heavy atom. The SMILES string of the molecule is CC(=O)/C=C(/C)O.CC(C)c1cc(-c2ccccc2)cc(C(C)C)c1-n1c(-c2[c-]ccc3c2oc2cc(-c4ccccc4)ccc23)nc2ccccc21.[Ir]. The molecule has 2 heterocycles. The van der Waals surface area contributed by atoms with E-state index in [0.29, 0.717) is 0 Å². The molecule has 1 N–H and O–H groups in total. The topological polar surface area (TPSA) is 68.3 Å². The van der Waals surface area contributed by atoms with Gasteiger partial charge in [-0.05, 0) is 89.4 Å². The van der Waals surface area contributed by atoms with Crippen molar-refractivity contribution >= 4 is 38.8 Å². The number of fused-ring (bicyclic) bond motifs is 4. The van der Waals surface area contributed by atoms with Crippen molar-refractivity contribution in [3.8, 4) is 39.3 Å². The zero-order valence-corrected chi connectivity index (χ0v) is 33.7. The molecule has 0 unspecified atom stereocenters. The van der Waals surface area contributed by atoms with E-state index < -0.39 is 0 Å². The van der Waals surface area contributed by atoms with Crippen LogP contribution in [0.1, 0.15) is 64.5 Å². The fourth-order valence-electron chi connectivity index (χ4n) is 7.05. The predicted octanol–water partition coefficient (Wildman–Crippen LogP) is 13.0. The number of nitrogens with zero attached hydrogens (tertiary/aromatic N) is 2. The first-order chi connectivity index (χ1) is 25.6. The molecule has 0 saturated heterocycles. The number of benzene rings is 6. The van der Waals surface area contributed by atoms with Crippen molar-refractivity contribution in [2.45, 2.75) is 53.4 Å². The van der Waals surface area contributed by atoms with Gasteiger partial charge in [0.1, 0.15) is 5.58 Å². The van der Waals surface area contributed by atoms with E-state index in [-0.39, 0.29) is 43.5 Å². The van der Waals surface area contributed by atoms with Crippen LogP contribution in [0, 0.1) is 6.07 Å². The maximum atomic E-state index is 10.0. The third-order valence-corrected chi connectivity index (χ3v) is 9.48. The molecule has 0 spiro atoms. The molecule has 5 nitrogen and oxygen atoms in total. The van der Waals surface area contributed by atoms with Crippen molar-refractivity contribution in [1.82, 2.24) is 9.55 Å². The van der Waals surface area contributed by atoms with E-state index in [1.807, 2.05) is 12.1 Å². The Balaban J connectivity index is 0.000000569. The number of imidazole rings is 1. The molecule has 0 aliphatic heterocycles. The molecule has 273 valence electrons. The molecule has 8 rings (SSSR count). The van der Waals surface area contributed by atoms with Crippen LogP contribution in [0.15, 0.2) is 144 Å². The van der Waals surface area contributed by atoms with Gasteiger partial charge >= 0.3 is 0 Å². The van der Waals surface area contributed by atoms with Crippen LogP contribution in [-0.2, 0) is 24.9 Å². The second-order valence-electron chi connectivity index (χ2n) is 14.1. The number of ketones is 1. The number of aliphatic hydroxyl groups is 1. The van der Waals surface area contributed by atoms with Crippen molar-refractivity contribution in [3.05, 3.63) is 156 Å². The molecule has 0 aliphatic carbocycles. The first-order valence-electron chi connectivity index (χ1n) is 18.1. The molecule has 0 aliphatic rings. The van der Waals surface area contributed by atoms with Crippen molar-refractivity contribution in [1.29, 1.82) is 0 Å². The first kappa shape index (κ1) is 38.2. The Labute approximate surface area is 330 Å². The van der Waals surface area contributed by atoms with Gasteiger partial charge < -0.3 is 14.1 Å². The third kappa shape index (κ3) is 7.59. The summed E-state index contributed by atoms with van der Waals surface area (Å²) in [5, 5.41) is 10.5. The van der Waals surface area contributed by atoms with Crippen LogP contribution in [0.25, 0.3) is 72.3 Å². The van der Waals surface area contributed by atoms with Gasteiger partial charge in [0.25, 0.3) is 0 Å². The smallest absolute Gasteiger partial charge is 0.155 e. The molecule has 0 saturated carbocycles. The van der Waals surface area contributed by atoms with Crippen LogP contribution in [0.4, 0.5) is 0 Å². The molecule has 54 heavy (non-hydrogen) atoms. The minimum atomic E-state index is -0.125. The summed E-state index contributed by atoms with van der Waals surface area (Å²) >= 11 is 0. The van der Waals surface area contributed by atoms with E-state index in [9.17, 15) is 4.79 Å². The molecule has 0 amide bonds. The number of hydrogen-bond donors (Lipinski definition) is 1. The maximum absolute atomic E-state index is 10.0. The van der Waals surface area contributed by atoms with E-state index in [1.54, 1.807) is 0 Å². The number of carbonyl (C=O) groups excluding carboxylic acids is 1. The zero-order chi connectivity index (χ0) is 37.2. The van der Waals surface area contributed by atoms with Gasteiger partial charge in [-0.1, -0.05) is 124 Å². The fourth-order valence-corrected chi connectivity index (χ4v) is 7.05. The maximum Gasteiger partial charge on any atom is 0.155 e. The summed E-state index contributed by atoms with van der Waals surface area (Å²) in [6.07, 6.45) is 1.17. The molecule has 0 bridgehead atoms. The summed E-state index contributed by atoms with van der Waals surface area (Å²) in [7, 11) is 0. The standard InChI is InChI=1S/C43H35N2O.C5H8O2.Ir/c1-27(2)36-24-32(30-16-9-6-10-17-30)25-37(28(3)4)41(36)45-39-21-12-11-20-38(39)44-43(45)35-19-13-18-34-33-23-22-31(26-40(33)46-42(34)35)29-14-7-5-8-15-29;1-4(6)3-5(2)7;/h5-18,20-28H,1-4H3;3,6H,1-2H3;/q-1;;/b;4-3-;. The Kier molecular flexibility index (Phi) is 11.5. The monoisotopic (exact) mass is 888 g/mol. The van der Waals surface area contributed by atoms with E-state index in [2.05, 4.69) is 154 Å².